The zero-order valence-electron chi connectivity index (χ0n) is 30.5. The predicted molar refractivity (Wildman–Crippen MR) is 177 cm³/mol. The van der Waals surface area contributed by atoms with E-state index in [4.69, 9.17) is 14.2 Å². The van der Waals surface area contributed by atoms with Crippen molar-refractivity contribution in [2.45, 2.75) is 155 Å². The molecule has 5 aliphatic carbocycles. The normalized spacial score (nSPS) is 53.5. The number of esters is 2. The summed E-state index contributed by atoms with van der Waals surface area (Å²) in [5, 5.41) is 66.7. The van der Waals surface area contributed by atoms with Crippen LogP contribution in [0.2, 0.25) is 0 Å². The minimum Gasteiger partial charge on any atom is -0.463 e. The summed E-state index contributed by atoms with van der Waals surface area (Å²) in [6.07, 6.45) is -1.94. The van der Waals surface area contributed by atoms with E-state index in [9.17, 15) is 40.2 Å². The van der Waals surface area contributed by atoms with Crippen molar-refractivity contribution < 1.29 is 54.4 Å². The minimum absolute atomic E-state index is 0.113. The van der Waals surface area contributed by atoms with E-state index in [1.807, 2.05) is 13.8 Å². The summed E-state index contributed by atoms with van der Waals surface area (Å²) in [5.41, 5.74) is -2.58. The van der Waals surface area contributed by atoms with Crippen LogP contribution in [0.1, 0.15) is 107 Å². The van der Waals surface area contributed by atoms with Gasteiger partial charge in [0.25, 0.3) is 0 Å². The number of ether oxygens (including phenoxy) is 3. The van der Waals surface area contributed by atoms with E-state index in [0.717, 1.165) is 24.8 Å². The Kier molecular flexibility index (Phi) is 9.08. The Hall–Kier alpha value is -1.60. The van der Waals surface area contributed by atoms with Crippen LogP contribution in [0.15, 0.2) is 11.6 Å². The van der Waals surface area contributed by atoms with Crippen LogP contribution in [0.4, 0.5) is 0 Å². The molecule has 6 aliphatic rings. The van der Waals surface area contributed by atoms with Gasteiger partial charge >= 0.3 is 11.9 Å². The SMILES string of the molecule is CC(=O)OC[C@H]1O[C@@H](OC(=O)[C@]23CC[C@@H](C)[C@@](C)(O)[C@H]2C2=CC[C@@H]4[C@@]5(C)C[C@@H](O)[C@H](O)C(C)(C)[C@@H]5CC[C@@]4(C)[C@]2(C)CC3)[C@H](O)[C@@H](O)[C@@H]1O. The lowest BCUT2D eigenvalue weighted by Gasteiger charge is -2.72. The molecule has 0 radical (unpaired) electrons. The van der Waals surface area contributed by atoms with Gasteiger partial charge in [-0.15, -0.1) is 0 Å². The van der Waals surface area contributed by atoms with Crippen LogP contribution in [-0.2, 0) is 23.8 Å². The quantitative estimate of drug-likeness (QED) is 0.188. The van der Waals surface area contributed by atoms with Gasteiger partial charge < -0.3 is 44.8 Å². The van der Waals surface area contributed by atoms with Gasteiger partial charge in [-0.05, 0) is 97.7 Å². The topological polar surface area (TPSA) is 183 Å². The van der Waals surface area contributed by atoms with E-state index in [0.29, 0.717) is 32.1 Å². The standard InChI is InChI=1S/C38H60O11/c1-19-11-14-38(32(45)49-31-28(43)27(42)26(41)23(48-31)18-47-20(2)39)16-15-35(6)21(29(38)37(19,8)46)9-10-25-34(5)17-22(40)30(44)33(3,4)24(34)12-13-36(25,35)7/h9,19,22-31,40-44,46H,10-18H2,1-8H3/t19-,22-,23-,24+,25-,26-,27+,28-,29-,30+,31+,34+,35-,36-,37-,38+/m1/s1. The smallest absolute Gasteiger partial charge is 0.315 e. The van der Waals surface area contributed by atoms with E-state index in [1.165, 1.54) is 6.92 Å². The molecule has 1 heterocycles. The van der Waals surface area contributed by atoms with Crippen molar-refractivity contribution in [1.29, 1.82) is 0 Å². The Morgan fingerprint density at radius 1 is 0.898 bits per heavy atom. The van der Waals surface area contributed by atoms with Gasteiger partial charge in [-0.1, -0.05) is 53.2 Å². The third-order valence-electron chi connectivity index (χ3n) is 15.7. The maximum absolute atomic E-state index is 14.6. The second kappa shape index (κ2) is 12.0. The molecule has 1 aliphatic heterocycles. The molecule has 49 heavy (non-hydrogen) atoms. The van der Waals surface area contributed by atoms with E-state index >= 15 is 0 Å². The molecule has 0 amide bonds. The molecule has 0 unspecified atom stereocenters. The van der Waals surface area contributed by atoms with Crippen LogP contribution in [0.25, 0.3) is 0 Å². The molecule has 0 spiro atoms. The average Bonchev–Trinajstić information content (AvgIpc) is 3.01. The van der Waals surface area contributed by atoms with Gasteiger partial charge in [0.1, 0.15) is 31.0 Å². The van der Waals surface area contributed by atoms with Crippen LogP contribution in [0.5, 0.6) is 0 Å². The van der Waals surface area contributed by atoms with Gasteiger partial charge in [0.05, 0.1) is 23.2 Å². The lowest BCUT2D eigenvalue weighted by atomic mass is 9.33. The number of carbonyl (C=O) groups excluding carboxylic acids is 2. The lowest BCUT2D eigenvalue weighted by Crippen LogP contribution is -2.69. The number of aliphatic hydroxyl groups is 6. The van der Waals surface area contributed by atoms with Gasteiger partial charge in [-0.2, -0.15) is 0 Å². The van der Waals surface area contributed by atoms with Crippen molar-refractivity contribution in [2.24, 2.45) is 50.7 Å². The summed E-state index contributed by atoms with van der Waals surface area (Å²) in [6, 6.07) is 0. The summed E-state index contributed by atoms with van der Waals surface area (Å²) in [7, 11) is 0. The molecule has 11 nitrogen and oxygen atoms in total. The van der Waals surface area contributed by atoms with E-state index in [2.05, 4.69) is 40.7 Å². The fourth-order valence-corrected chi connectivity index (χ4v) is 12.6. The first-order valence-electron chi connectivity index (χ1n) is 18.4. The molecule has 4 saturated carbocycles. The molecule has 11 heteroatoms. The lowest BCUT2D eigenvalue weighted by molar-refractivity contribution is -0.300. The average molecular weight is 693 g/mol. The van der Waals surface area contributed by atoms with Gasteiger partial charge in [0.2, 0.25) is 6.29 Å². The Labute approximate surface area is 290 Å². The molecule has 0 bridgehead atoms. The highest BCUT2D eigenvalue weighted by Gasteiger charge is 2.72. The van der Waals surface area contributed by atoms with Crippen molar-refractivity contribution >= 4 is 11.9 Å². The predicted octanol–water partition coefficient (Wildman–Crippen LogP) is 3.00. The van der Waals surface area contributed by atoms with Crippen LogP contribution in [0, 0.1) is 50.7 Å². The molecule has 16 atom stereocenters. The van der Waals surface area contributed by atoms with E-state index < -0.39 is 83.8 Å². The Balaban J connectivity index is 1.36. The second-order valence-corrected chi connectivity index (χ2v) is 18.3. The van der Waals surface area contributed by atoms with Crippen molar-refractivity contribution in [3.63, 3.8) is 0 Å². The van der Waals surface area contributed by atoms with E-state index in [1.54, 1.807) is 0 Å². The first kappa shape index (κ1) is 37.2. The summed E-state index contributed by atoms with van der Waals surface area (Å²) in [6.45, 7) is 15.8. The van der Waals surface area contributed by atoms with Gasteiger partial charge in [-0.3, -0.25) is 9.59 Å². The highest BCUT2D eigenvalue weighted by Crippen LogP contribution is 2.76. The summed E-state index contributed by atoms with van der Waals surface area (Å²) < 4.78 is 16.7. The van der Waals surface area contributed by atoms with Crippen LogP contribution < -0.4 is 0 Å². The number of fused-ring (bicyclic) bond motifs is 7. The van der Waals surface area contributed by atoms with Crippen LogP contribution >= 0.6 is 0 Å². The molecule has 0 aromatic rings. The number of hydrogen-bond acceptors (Lipinski definition) is 11. The Morgan fingerprint density at radius 3 is 2.22 bits per heavy atom. The molecular weight excluding hydrogens is 632 g/mol. The summed E-state index contributed by atoms with van der Waals surface area (Å²) in [4.78, 5) is 26.0. The summed E-state index contributed by atoms with van der Waals surface area (Å²) >= 11 is 0. The van der Waals surface area contributed by atoms with Gasteiger partial charge in [0, 0.05) is 12.8 Å². The van der Waals surface area contributed by atoms with Crippen molar-refractivity contribution in [2.75, 3.05) is 6.61 Å². The minimum atomic E-state index is -1.74. The largest absolute Gasteiger partial charge is 0.463 e. The molecule has 6 rings (SSSR count). The molecule has 0 aromatic heterocycles. The monoisotopic (exact) mass is 692 g/mol. The molecule has 5 fully saturated rings. The number of rotatable bonds is 4. The third kappa shape index (κ3) is 5.14. The number of carbonyl (C=O) groups is 2. The first-order valence-corrected chi connectivity index (χ1v) is 18.4. The van der Waals surface area contributed by atoms with Crippen molar-refractivity contribution in [3.8, 4) is 0 Å². The van der Waals surface area contributed by atoms with Crippen LogP contribution in [-0.4, -0.2) is 97.7 Å². The molecular formula is C38H60O11. The van der Waals surface area contributed by atoms with Crippen molar-refractivity contribution in [3.05, 3.63) is 11.6 Å². The number of hydrogen-bond donors (Lipinski definition) is 6. The van der Waals surface area contributed by atoms with E-state index in [-0.39, 0.29) is 34.0 Å². The molecule has 0 aromatic carbocycles. The zero-order valence-corrected chi connectivity index (χ0v) is 30.5. The van der Waals surface area contributed by atoms with Crippen LogP contribution in [0.3, 0.4) is 0 Å². The molecule has 6 N–H and O–H groups in total. The number of allylic oxidation sites excluding steroid dienone is 1. The maximum Gasteiger partial charge on any atom is 0.315 e. The summed E-state index contributed by atoms with van der Waals surface area (Å²) in [5.74, 6) is -1.49. The first-order chi connectivity index (χ1) is 22.6. The Morgan fingerprint density at radius 2 is 1.57 bits per heavy atom. The fraction of sp³-hybridized carbons (Fsp3) is 0.895. The second-order valence-electron chi connectivity index (χ2n) is 18.3. The molecule has 1 saturated heterocycles. The third-order valence-corrected chi connectivity index (χ3v) is 15.7. The fourth-order valence-electron chi connectivity index (χ4n) is 12.6. The number of aliphatic hydroxyl groups excluding tert-OH is 5. The maximum atomic E-state index is 14.6. The highest BCUT2D eigenvalue weighted by atomic mass is 16.7. The molecule has 278 valence electrons. The zero-order chi connectivity index (χ0) is 36.3. The van der Waals surface area contributed by atoms with Crippen molar-refractivity contribution in [1.82, 2.24) is 0 Å². The Bertz CT molecular complexity index is 1360. The highest BCUT2D eigenvalue weighted by molar-refractivity contribution is 5.79. The van der Waals surface area contributed by atoms with Gasteiger partial charge in [-0.25, -0.2) is 0 Å². The van der Waals surface area contributed by atoms with Gasteiger partial charge in [0.15, 0.2) is 0 Å².